The second-order valence-corrected chi connectivity index (χ2v) is 7.64. The van der Waals surface area contributed by atoms with Gasteiger partial charge in [-0.05, 0) is 58.1 Å². The van der Waals surface area contributed by atoms with Gasteiger partial charge >= 0.3 is 0 Å². The van der Waals surface area contributed by atoms with E-state index < -0.39 is 0 Å². The first-order valence-electron chi connectivity index (χ1n) is 10.2. The van der Waals surface area contributed by atoms with Gasteiger partial charge in [0.25, 0.3) is 0 Å². The van der Waals surface area contributed by atoms with Crippen molar-refractivity contribution in [3.8, 4) is 17.3 Å². The van der Waals surface area contributed by atoms with Crippen LogP contribution < -0.4 is 10.1 Å². The number of nitrogens with one attached hydrogen (secondary N) is 1. The third-order valence-corrected chi connectivity index (χ3v) is 4.92. The van der Waals surface area contributed by atoms with Crippen LogP contribution >= 0.6 is 0 Å². The number of aryl methyl sites for hydroxylation is 2. The fourth-order valence-electron chi connectivity index (χ4n) is 3.24. The maximum atomic E-state index is 12.3. The number of rotatable bonds is 9. The molecule has 0 aliphatic carbocycles. The number of para-hydroxylation sites is 2. The van der Waals surface area contributed by atoms with Crippen LogP contribution in [0.4, 0.5) is 0 Å². The van der Waals surface area contributed by atoms with Crippen molar-refractivity contribution in [2.45, 2.75) is 26.7 Å². The highest BCUT2D eigenvalue weighted by Crippen LogP contribution is 2.32. The van der Waals surface area contributed by atoms with Gasteiger partial charge in [-0.1, -0.05) is 36.4 Å². The molecule has 0 bridgehead atoms. The predicted molar refractivity (Wildman–Crippen MR) is 119 cm³/mol. The van der Waals surface area contributed by atoms with Crippen molar-refractivity contribution >= 4 is 5.91 Å². The molecule has 0 saturated heterocycles. The maximum absolute atomic E-state index is 12.3. The van der Waals surface area contributed by atoms with Crippen LogP contribution in [-0.4, -0.2) is 47.8 Å². The number of amides is 1. The van der Waals surface area contributed by atoms with Crippen molar-refractivity contribution in [2.75, 3.05) is 27.2 Å². The SMILES string of the molecule is Cc1ccccc1-n1nc(C)c(CCC(=O)NCCN(C)C)c1Oc1ccccc1. The molecule has 2 aromatic carbocycles. The molecule has 0 spiro atoms. The van der Waals surface area contributed by atoms with Crippen LogP contribution in [0.5, 0.6) is 11.6 Å². The molecule has 3 aromatic rings. The molecule has 0 fully saturated rings. The van der Waals surface area contributed by atoms with Gasteiger partial charge in [0, 0.05) is 25.1 Å². The molecule has 0 saturated carbocycles. The Bertz CT molecular complexity index is 980. The third kappa shape index (κ3) is 5.48. The summed E-state index contributed by atoms with van der Waals surface area (Å²) in [7, 11) is 3.98. The fraction of sp³-hybridized carbons (Fsp3) is 0.333. The third-order valence-electron chi connectivity index (χ3n) is 4.92. The summed E-state index contributed by atoms with van der Waals surface area (Å²) < 4.78 is 8.12. The lowest BCUT2D eigenvalue weighted by Gasteiger charge is -2.13. The number of benzene rings is 2. The molecular weight excluding hydrogens is 376 g/mol. The Hall–Kier alpha value is -3.12. The summed E-state index contributed by atoms with van der Waals surface area (Å²) in [6, 6.07) is 17.7. The van der Waals surface area contributed by atoms with Crippen LogP contribution in [0.1, 0.15) is 23.2 Å². The Morgan fingerprint density at radius 2 is 1.77 bits per heavy atom. The molecule has 1 amide bonds. The molecule has 0 aliphatic heterocycles. The Morgan fingerprint density at radius 1 is 1.07 bits per heavy atom. The second-order valence-electron chi connectivity index (χ2n) is 7.64. The molecule has 1 N–H and O–H groups in total. The van der Waals surface area contributed by atoms with E-state index in [1.54, 1.807) is 0 Å². The normalized spacial score (nSPS) is 11.0. The van der Waals surface area contributed by atoms with Gasteiger partial charge in [0.15, 0.2) is 0 Å². The number of nitrogens with zero attached hydrogens (tertiary/aromatic N) is 3. The Balaban J connectivity index is 1.86. The Kier molecular flexibility index (Phi) is 7.25. The average molecular weight is 407 g/mol. The number of carbonyl (C=O) groups excluding carboxylic acids is 1. The summed E-state index contributed by atoms with van der Waals surface area (Å²) in [6.45, 7) is 5.47. The van der Waals surface area contributed by atoms with E-state index in [0.717, 1.165) is 34.8 Å². The molecular formula is C24H30N4O2. The van der Waals surface area contributed by atoms with Crippen molar-refractivity contribution in [2.24, 2.45) is 0 Å². The van der Waals surface area contributed by atoms with E-state index >= 15 is 0 Å². The average Bonchev–Trinajstić information content (AvgIpc) is 3.02. The number of hydrogen-bond donors (Lipinski definition) is 1. The van der Waals surface area contributed by atoms with Gasteiger partial charge in [-0.2, -0.15) is 9.78 Å². The van der Waals surface area contributed by atoms with Crippen molar-refractivity contribution in [1.82, 2.24) is 20.0 Å². The predicted octanol–water partition coefficient (Wildman–Crippen LogP) is 3.89. The van der Waals surface area contributed by atoms with E-state index in [2.05, 4.69) is 18.3 Å². The minimum Gasteiger partial charge on any atom is -0.439 e. The summed E-state index contributed by atoms with van der Waals surface area (Å²) in [5, 5.41) is 7.73. The summed E-state index contributed by atoms with van der Waals surface area (Å²) >= 11 is 0. The van der Waals surface area contributed by atoms with Crippen molar-refractivity contribution in [3.63, 3.8) is 0 Å². The monoisotopic (exact) mass is 406 g/mol. The molecule has 0 unspecified atom stereocenters. The zero-order valence-corrected chi connectivity index (χ0v) is 18.2. The van der Waals surface area contributed by atoms with Crippen LogP contribution in [0, 0.1) is 13.8 Å². The zero-order valence-electron chi connectivity index (χ0n) is 18.2. The topological polar surface area (TPSA) is 59.4 Å². The second kappa shape index (κ2) is 10.1. The smallest absolute Gasteiger partial charge is 0.226 e. The minimum absolute atomic E-state index is 0.0329. The lowest BCUT2D eigenvalue weighted by Crippen LogP contribution is -2.31. The van der Waals surface area contributed by atoms with E-state index in [4.69, 9.17) is 9.84 Å². The number of aromatic nitrogens is 2. The minimum atomic E-state index is 0.0329. The highest BCUT2D eigenvalue weighted by Gasteiger charge is 2.20. The molecule has 158 valence electrons. The highest BCUT2D eigenvalue weighted by atomic mass is 16.5. The van der Waals surface area contributed by atoms with Gasteiger partial charge in [0.2, 0.25) is 11.8 Å². The lowest BCUT2D eigenvalue weighted by molar-refractivity contribution is -0.121. The van der Waals surface area contributed by atoms with E-state index in [0.29, 0.717) is 25.3 Å². The molecule has 1 aromatic heterocycles. The molecule has 30 heavy (non-hydrogen) atoms. The highest BCUT2D eigenvalue weighted by molar-refractivity contribution is 5.76. The van der Waals surface area contributed by atoms with Crippen LogP contribution in [-0.2, 0) is 11.2 Å². The number of carbonyl (C=O) groups is 1. The molecule has 0 radical (unpaired) electrons. The Morgan fingerprint density at radius 3 is 2.47 bits per heavy atom. The van der Waals surface area contributed by atoms with Gasteiger partial charge in [-0.3, -0.25) is 4.79 Å². The molecule has 6 heteroatoms. The number of likely N-dealkylation sites (N-methyl/N-ethyl adjacent to an activating group) is 1. The van der Waals surface area contributed by atoms with E-state index in [1.807, 2.05) is 79.1 Å². The van der Waals surface area contributed by atoms with Crippen molar-refractivity contribution < 1.29 is 9.53 Å². The largest absolute Gasteiger partial charge is 0.439 e. The first-order valence-corrected chi connectivity index (χ1v) is 10.2. The number of hydrogen-bond acceptors (Lipinski definition) is 4. The molecule has 3 rings (SSSR count). The van der Waals surface area contributed by atoms with Gasteiger partial charge < -0.3 is 15.0 Å². The van der Waals surface area contributed by atoms with Gasteiger partial charge in [0.1, 0.15) is 5.75 Å². The molecule has 0 aliphatic rings. The first-order chi connectivity index (χ1) is 14.5. The van der Waals surface area contributed by atoms with Crippen LogP contribution in [0.15, 0.2) is 54.6 Å². The molecule has 0 atom stereocenters. The van der Waals surface area contributed by atoms with E-state index in [1.165, 1.54) is 0 Å². The summed E-state index contributed by atoms with van der Waals surface area (Å²) in [4.78, 5) is 14.4. The van der Waals surface area contributed by atoms with Crippen molar-refractivity contribution in [3.05, 3.63) is 71.4 Å². The lowest BCUT2D eigenvalue weighted by atomic mass is 10.1. The first kappa shape index (κ1) is 21.6. The van der Waals surface area contributed by atoms with E-state index in [-0.39, 0.29) is 5.91 Å². The van der Waals surface area contributed by atoms with Gasteiger partial charge in [0.05, 0.1) is 11.4 Å². The van der Waals surface area contributed by atoms with Crippen molar-refractivity contribution in [1.29, 1.82) is 0 Å². The van der Waals surface area contributed by atoms with Crippen LogP contribution in [0.3, 0.4) is 0 Å². The van der Waals surface area contributed by atoms with Crippen LogP contribution in [0.2, 0.25) is 0 Å². The molecule has 6 nitrogen and oxygen atoms in total. The van der Waals surface area contributed by atoms with Gasteiger partial charge in [-0.15, -0.1) is 0 Å². The zero-order chi connectivity index (χ0) is 21.5. The summed E-state index contributed by atoms with van der Waals surface area (Å²) in [5.74, 6) is 1.43. The number of ether oxygens (including phenoxy) is 1. The Labute approximate surface area is 178 Å². The maximum Gasteiger partial charge on any atom is 0.226 e. The fourth-order valence-corrected chi connectivity index (χ4v) is 3.24. The summed E-state index contributed by atoms with van der Waals surface area (Å²) in [5.41, 5.74) is 3.88. The standard InChI is InChI=1S/C24H30N4O2/c1-18-10-8-9-13-22(18)28-24(30-20-11-6-5-7-12-20)21(19(2)26-28)14-15-23(29)25-16-17-27(3)4/h5-13H,14-17H2,1-4H3,(H,25,29). The summed E-state index contributed by atoms with van der Waals surface area (Å²) in [6.07, 6.45) is 0.951. The molecule has 1 heterocycles. The van der Waals surface area contributed by atoms with E-state index in [9.17, 15) is 4.79 Å². The van der Waals surface area contributed by atoms with Gasteiger partial charge in [-0.25, -0.2) is 0 Å². The quantitative estimate of drug-likeness (QED) is 0.586. The van der Waals surface area contributed by atoms with Crippen LogP contribution in [0.25, 0.3) is 5.69 Å².